The predicted octanol–water partition coefficient (Wildman–Crippen LogP) is 1.83. The molecule has 24 heavy (non-hydrogen) atoms. The van der Waals surface area contributed by atoms with Crippen molar-refractivity contribution in [3.63, 3.8) is 0 Å². The fourth-order valence-corrected chi connectivity index (χ4v) is 2.67. The van der Waals surface area contributed by atoms with Gasteiger partial charge in [-0.3, -0.25) is 4.79 Å². The molecule has 1 amide bonds. The zero-order chi connectivity index (χ0) is 16.1. The summed E-state index contributed by atoms with van der Waals surface area (Å²) in [6.07, 6.45) is 1.95. The molecular weight excluding hydrogens is 332 g/mol. The average molecular weight is 353 g/mol. The first kappa shape index (κ1) is 18.2. The lowest BCUT2D eigenvalue weighted by Crippen LogP contribution is -2.16. The lowest BCUT2D eigenvalue weighted by molar-refractivity contribution is -0.115. The van der Waals surface area contributed by atoms with Crippen molar-refractivity contribution in [3.8, 4) is 5.75 Å². The van der Waals surface area contributed by atoms with Crippen molar-refractivity contribution in [2.24, 2.45) is 5.92 Å². The lowest BCUT2D eigenvalue weighted by Gasteiger charge is -2.08. The van der Waals surface area contributed by atoms with E-state index in [9.17, 15) is 4.79 Å². The maximum absolute atomic E-state index is 12.1. The van der Waals surface area contributed by atoms with Crippen molar-refractivity contribution in [1.82, 2.24) is 15.5 Å². The monoisotopic (exact) mass is 352 g/mol. The summed E-state index contributed by atoms with van der Waals surface area (Å²) in [6.45, 7) is 2.01. The Hall–Kier alpha value is -2.12. The Bertz CT molecular complexity index is 671. The van der Waals surface area contributed by atoms with Gasteiger partial charge in [-0.1, -0.05) is 17.3 Å². The average Bonchev–Trinajstić information content (AvgIpc) is 3.20. The number of methoxy groups -OCH3 is 1. The van der Waals surface area contributed by atoms with Crippen LogP contribution in [0.15, 0.2) is 28.8 Å². The van der Waals surface area contributed by atoms with Crippen molar-refractivity contribution < 1.29 is 14.1 Å². The molecule has 1 saturated heterocycles. The molecule has 0 bridgehead atoms. The largest absolute Gasteiger partial charge is 0.495 e. The van der Waals surface area contributed by atoms with E-state index >= 15 is 0 Å². The van der Waals surface area contributed by atoms with Gasteiger partial charge in [0, 0.05) is 6.42 Å². The number of rotatable bonds is 6. The van der Waals surface area contributed by atoms with Gasteiger partial charge in [0.2, 0.25) is 11.8 Å². The molecule has 0 aliphatic carbocycles. The SMILES string of the molecule is COc1ccccc1NC(=O)Cc1noc(CC2CCNC2)n1.Cl. The highest BCUT2D eigenvalue weighted by atomic mass is 35.5. The normalized spacial score (nSPS) is 16.5. The molecule has 0 spiro atoms. The number of amides is 1. The van der Waals surface area contributed by atoms with Crippen LogP contribution < -0.4 is 15.4 Å². The molecule has 2 heterocycles. The summed E-state index contributed by atoms with van der Waals surface area (Å²) in [5.74, 6) is 1.94. The van der Waals surface area contributed by atoms with Gasteiger partial charge in [0.05, 0.1) is 19.2 Å². The van der Waals surface area contributed by atoms with E-state index in [-0.39, 0.29) is 24.7 Å². The molecular formula is C16H21ClN4O3. The summed E-state index contributed by atoms with van der Waals surface area (Å²) in [7, 11) is 1.56. The Kier molecular flexibility index (Phi) is 6.57. The molecule has 2 aromatic rings. The number of anilines is 1. The minimum Gasteiger partial charge on any atom is -0.495 e. The molecule has 1 atom stereocenters. The summed E-state index contributed by atoms with van der Waals surface area (Å²) in [5, 5.41) is 9.98. The predicted molar refractivity (Wildman–Crippen MR) is 91.6 cm³/mol. The second-order valence-corrected chi connectivity index (χ2v) is 5.59. The van der Waals surface area contributed by atoms with Gasteiger partial charge < -0.3 is 19.9 Å². The van der Waals surface area contributed by atoms with Crippen LogP contribution in [-0.4, -0.2) is 36.2 Å². The second-order valence-electron chi connectivity index (χ2n) is 5.59. The first-order valence-electron chi connectivity index (χ1n) is 7.69. The van der Waals surface area contributed by atoms with Crippen LogP contribution in [0, 0.1) is 5.92 Å². The summed E-state index contributed by atoms with van der Waals surface area (Å²) in [5.41, 5.74) is 0.626. The zero-order valence-corrected chi connectivity index (χ0v) is 14.3. The van der Waals surface area contributed by atoms with Crippen molar-refractivity contribution in [2.75, 3.05) is 25.5 Å². The first-order valence-corrected chi connectivity index (χ1v) is 7.69. The highest BCUT2D eigenvalue weighted by Crippen LogP contribution is 2.23. The molecule has 1 fully saturated rings. The molecule has 1 aromatic heterocycles. The number of carbonyl (C=O) groups is 1. The molecule has 1 aliphatic heterocycles. The van der Waals surface area contributed by atoms with Crippen LogP contribution in [0.1, 0.15) is 18.1 Å². The number of carbonyl (C=O) groups excluding carboxylic acids is 1. The summed E-state index contributed by atoms with van der Waals surface area (Å²) in [4.78, 5) is 16.4. The Labute approximate surface area is 146 Å². The van der Waals surface area contributed by atoms with Crippen LogP contribution in [0.5, 0.6) is 5.75 Å². The van der Waals surface area contributed by atoms with Gasteiger partial charge in [0.25, 0.3) is 0 Å². The van der Waals surface area contributed by atoms with Crippen molar-refractivity contribution >= 4 is 24.0 Å². The zero-order valence-electron chi connectivity index (χ0n) is 13.4. The maximum Gasteiger partial charge on any atom is 0.232 e. The van der Waals surface area contributed by atoms with Crippen LogP contribution in [0.3, 0.4) is 0 Å². The van der Waals surface area contributed by atoms with E-state index in [1.165, 1.54) is 0 Å². The van der Waals surface area contributed by atoms with Crippen LogP contribution in [0.25, 0.3) is 0 Å². The van der Waals surface area contributed by atoms with Crippen molar-refractivity contribution in [2.45, 2.75) is 19.3 Å². The Balaban J connectivity index is 0.00000208. The number of nitrogens with zero attached hydrogens (tertiary/aromatic N) is 2. The van der Waals surface area contributed by atoms with Gasteiger partial charge in [0.15, 0.2) is 5.82 Å². The van der Waals surface area contributed by atoms with Crippen LogP contribution in [-0.2, 0) is 17.6 Å². The van der Waals surface area contributed by atoms with Gasteiger partial charge in [-0.25, -0.2) is 0 Å². The van der Waals surface area contributed by atoms with Crippen molar-refractivity contribution in [1.29, 1.82) is 0 Å². The van der Waals surface area contributed by atoms with Gasteiger partial charge in [-0.2, -0.15) is 4.98 Å². The molecule has 2 N–H and O–H groups in total. The number of halogens is 1. The third-order valence-electron chi connectivity index (χ3n) is 3.84. The number of para-hydroxylation sites is 2. The topological polar surface area (TPSA) is 89.3 Å². The van der Waals surface area contributed by atoms with Crippen molar-refractivity contribution in [3.05, 3.63) is 36.0 Å². The van der Waals surface area contributed by atoms with Gasteiger partial charge >= 0.3 is 0 Å². The van der Waals surface area contributed by atoms with Crippen LogP contribution in [0.2, 0.25) is 0 Å². The molecule has 3 rings (SSSR count). The van der Waals surface area contributed by atoms with E-state index in [1.54, 1.807) is 19.2 Å². The van der Waals surface area contributed by atoms with Crippen LogP contribution in [0.4, 0.5) is 5.69 Å². The number of hydrogen-bond acceptors (Lipinski definition) is 6. The summed E-state index contributed by atoms with van der Waals surface area (Å²) in [6, 6.07) is 7.25. The number of nitrogens with one attached hydrogen (secondary N) is 2. The standard InChI is InChI=1S/C16H20N4O3.ClH/c1-22-13-5-3-2-4-12(13)18-15(21)9-14-19-16(23-20-14)8-11-6-7-17-10-11;/h2-5,11,17H,6-10H2,1H3,(H,18,21);1H. The quantitative estimate of drug-likeness (QED) is 0.824. The smallest absolute Gasteiger partial charge is 0.232 e. The molecule has 1 unspecified atom stereocenters. The maximum atomic E-state index is 12.1. The molecule has 1 aromatic carbocycles. The molecule has 7 nitrogen and oxygen atoms in total. The molecule has 8 heteroatoms. The fraction of sp³-hybridized carbons (Fsp3) is 0.438. The van der Waals surface area contributed by atoms with Gasteiger partial charge in [-0.05, 0) is 37.6 Å². The second kappa shape index (κ2) is 8.65. The summed E-state index contributed by atoms with van der Waals surface area (Å²) >= 11 is 0. The van der Waals surface area contributed by atoms with E-state index in [0.29, 0.717) is 29.1 Å². The Morgan fingerprint density at radius 1 is 1.46 bits per heavy atom. The van der Waals surface area contributed by atoms with E-state index in [4.69, 9.17) is 9.26 Å². The fourth-order valence-electron chi connectivity index (χ4n) is 2.67. The van der Waals surface area contributed by atoms with Crippen LogP contribution >= 0.6 is 12.4 Å². The third kappa shape index (κ3) is 4.69. The van der Waals surface area contributed by atoms with E-state index < -0.39 is 0 Å². The minimum absolute atomic E-state index is 0. The highest BCUT2D eigenvalue weighted by Gasteiger charge is 2.19. The first-order chi connectivity index (χ1) is 11.2. The number of hydrogen-bond donors (Lipinski definition) is 2. The van der Waals surface area contributed by atoms with E-state index in [0.717, 1.165) is 25.9 Å². The number of aromatic nitrogens is 2. The number of ether oxygens (including phenoxy) is 1. The van der Waals surface area contributed by atoms with E-state index in [2.05, 4.69) is 20.8 Å². The van der Waals surface area contributed by atoms with Gasteiger partial charge in [-0.15, -0.1) is 12.4 Å². The minimum atomic E-state index is -0.204. The lowest BCUT2D eigenvalue weighted by atomic mass is 10.1. The van der Waals surface area contributed by atoms with E-state index in [1.807, 2.05) is 12.1 Å². The molecule has 0 radical (unpaired) electrons. The third-order valence-corrected chi connectivity index (χ3v) is 3.84. The van der Waals surface area contributed by atoms with Gasteiger partial charge in [0.1, 0.15) is 5.75 Å². The Morgan fingerprint density at radius 2 is 2.29 bits per heavy atom. The molecule has 1 aliphatic rings. The summed E-state index contributed by atoms with van der Waals surface area (Å²) < 4.78 is 10.4. The molecule has 0 saturated carbocycles. The number of benzene rings is 1. The molecule has 130 valence electrons. The Morgan fingerprint density at radius 3 is 3.04 bits per heavy atom. The highest BCUT2D eigenvalue weighted by molar-refractivity contribution is 5.93.